The number of halogens is 2. The van der Waals surface area contributed by atoms with Crippen LogP contribution in [-0.4, -0.2) is 27.2 Å². The third-order valence-electron chi connectivity index (χ3n) is 2.86. The third-order valence-corrected chi connectivity index (χ3v) is 2.86. The average Bonchev–Trinajstić information content (AvgIpc) is 2.83. The molecule has 0 bridgehead atoms. The first-order valence-corrected chi connectivity index (χ1v) is 5.98. The molecule has 7 heteroatoms. The highest BCUT2D eigenvalue weighted by Gasteiger charge is 2.10. The van der Waals surface area contributed by atoms with Gasteiger partial charge in [0, 0.05) is 24.2 Å². The summed E-state index contributed by atoms with van der Waals surface area (Å²) in [5.41, 5.74) is 2.27. The SMILES string of the molecule is CNCc1cc(-c2nc3cc(F)c(F)cc3[nH]2)cnn1. The van der Waals surface area contributed by atoms with E-state index in [1.54, 1.807) is 13.2 Å². The quantitative estimate of drug-likeness (QED) is 0.767. The zero-order chi connectivity index (χ0) is 14.1. The lowest BCUT2D eigenvalue weighted by Gasteiger charge is -2.00. The van der Waals surface area contributed by atoms with Crippen molar-refractivity contribution in [1.82, 2.24) is 25.5 Å². The Morgan fingerprint density at radius 1 is 1.20 bits per heavy atom. The van der Waals surface area contributed by atoms with Gasteiger partial charge >= 0.3 is 0 Å². The molecule has 0 fully saturated rings. The van der Waals surface area contributed by atoms with Crippen LogP contribution in [-0.2, 0) is 6.54 Å². The third kappa shape index (κ3) is 2.23. The van der Waals surface area contributed by atoms with Crippen molar-refractivity contribution in [3.63, 3.8) is 0 Å². The first-order valence-electron chi connectivity index (χ1n) is 5.98. The monoisotopic (exact) mass is 275 g/mol. The van der Waals surface area contributed by atoms with Crippen molar-refractivity contribution in [3.8, 4) is 11.4 Å². The Morgan fingerprint density at radius 3 is 2.80 bits per heavy atom. The minimum absolute atomic E-state index is 0.367. The minimum atomic E-state index is -0.917. The van der Waals surface area contributed by atoms with E-state index in [0.717, 1.165) is 17.8 Å². The Bertz CT molecular complexity index is 730. The molecule has 3 rings (SSSR count). The largest absolute Gasteiger partial charge is 0.338 e. The van der Waals surface area contributed by atoms with E-state index in [1.165, 1.54) is 0 Å². The lowest BCUT2D eigenvalue weighted by atomic mass is 10.2. The van der Waals surface area contributed by atoms with Crippen molar-refractivity contribution in [2.75, 3.05) is 7.05 Å². The predicted molar refractivity (Wildman–Crippen MR) is 69.8 cm³/mol. The number of aromatic amines is 1. The number of aromatic nitrogens is 4. The summed E-state index contributed by atoms with van der Waals surface area (Å²) >= 11 is 0. The lowest BCUT2D eigenvalue weighted by Crippen LogP contribution is -2.07. The van der Waals surface area contributed by atoms with Crippen LogP contribution in [0.4, 0.5) is 8.78 Å². The van der Waals surface area contributed by atoms with Gasteiger partial charge in [-0.05, 0) is 13.1 Å². The van der Waals surface area contributed by atoms with Gasteiger partial charge in [-0.15, -0.1) is 0 Å². The number of nitrogens with one attached hydrogen (secondary N) is 2. The standard InChI is InChI=1S/C13H11F2N5/c1-16-6-8-2-7(5-17-20-8)13-18-11-3-9(14)10(15)4-12(11)19-13/h2-5,16H,6H2,1H3,(H,18,19). The summed E-state index contributed by atoms with van der Waals surface area (Å²) in [6, 6.07) is 3.96. The highest BCUT2D eigenvalue weighted by atomic mass is 19.2. The molecule has 0 saturated carbocycles. The second kappa shape index (κ2) is 4.93. The second-order valence-corrected chi connectivity index (χ2v) is 4.33. The summed E-state index contributed by atoms with van der Waals surface area (Å²) in [7, 11) is 1.81. The van der Waals surface area contributed by atoms with Gasteiger partial charge < -0.3 is 10.3 Å². The van der Waals surface area contributed by atoms with Crippen molar-refractivity contribution in [1.29, 1.82) is 0 Å². The first-order chi connectivity index (χ1) is 9.67. The second-order valence-electron chi connectivity index (χ2n) is 4.33. The molecule has 102 valence electrons. The molecular weight excluding hydrogens is 264 g/mol. The van der Waals surface area contributed by atoms with Gasteiger partial charge in [0.1, 0.15) is 5.82 Å². The normalized spacial score (nSPS) is 11.2. The number of nitrogens with zero attached hydrogens (tertiary/aromatic N) is 3. The van der Waals surface area contributed by atoms with Crippen LogP contribution in [0.5, 0.6) is 0 Å². The molecular formula is C13H11F2N5. The fourth-order valence-corrected chi connectivity index (χ4v) is 1.95. The van der Waals surface area contributed by atoms with Gasteiger partial charge in [0.25, 0.3) is 0 Å². The summed E-state index contributed by atoms with van der Waals surface area (Å²) < 4.78 is 26.3. The maximum atomic E-state index is 13.2. The molecule has 0 aliphatic carbocycles. The maximum Gasteiger partial charge on any atom is 0.161 e. The van der Waals surface area contributed by atoms with E-state index < -0.39 is 11.6 Å². The molecule has 0 spiro atoms. The lowest BCUT2D eigenvalue weighted by molar-refractivity contribution is 0.510. The Balaban J connectivity index is 2.07. The zero-order valence-electron chi connectivity index (χ0n) is 10.6. The van der Waals surface area contributed by atoms with Gasteiger partial charge in [0.2, 0.25) is 0 Å². The molecule has 3 aromatic rings. The van der Waals surface area contributed by atoms with Gasteiger partial charge in [0.15, 0.2) is 11.6 Å². The van der Waals surface area contributed by atoms with Crippen LogP contribution in [0, 0.1) is 11.6 Å². The molecule has 0 unspecified atom stereocenters. The summed E-state index contributed by atoms with van der Waals surface area (Å²) in [6.45, 7) is 0.574. The molecule has 2 N–H and O–H groups in total. The van der Waals surface area contributed by atoms with Crippen LogP contribution >= 0.6 is 0 Å². The summed E-state index contributed by atoms with van der Waals surface area (Å²) in [5, 5.41) is 10.8. The summed E-state index contributed by atoms with van der Waals surface area (Å²) in [5.74, 6) is -1.33. The summed E-state index contributed by atoms with van der Waals surface area (Å²) in [4.78, 5) is 7.18. The van der Waals surface area contributed by atoms with Crippen LogP contribution in [0.2, 0.25) is 0 Å². The van der Waals surface area contributed by atoms with Gasteiger partial charge in [-0.1, -0.05) is 0 Å². The van der Waals surface area contributed by atoms with Crippen LogP contribution in [0.3, 0.4) is 0 Å². The van der Waals surface area contributed by atoms with E-state index in [0.29, 0.717) is 29.0 Å². The number of rotatable bonds is 3. The Hall–Kier alpha value is -2.41. The molecule has 20 heavy (non-hydrogen) atoms. The van der Waals surface area contributed by atoms with Crippen molar-refractivity contribution in [3.05, 3.63) is 41.7 Å². The predicted octanol–water partition coefficient (Wildman–Crippen LogP) is 2.02. The van der Waals surface area contributed by atoms with E-state index in [1.807, 2.05) is 6.07 Å². The van der Waals surface area contributed by atoms with Gasteiger partial charge in [-0.3, -0.25) is 0 Å². The highest BCUT2D eigenvalue weighted by molar-refractivity contribution is 5.79. The summed E-state index contributed by atoms with van der Waals surface area (Å²) in [6.07, 6.45) is 1.55. The first kappa shape index (κ1) is 12.6. The minimum Gasteiger partial charge on any atom is -0.338 e. The fourth-order valence-electron chi connectivity index (χ4n) is 1.95. The number of H-pyrrole nitrogens is 1. The van der Waals surface area contributed by atoms with E-state index in [4.69, 9.17) is 0 Å². The van der Waals surface area contributed by atoms with Gasteiger partial charge in [-0.25, -0.2) is 13.8 Å². The average molecular weight is 275 g/mol. The molecule has 2 heterocycles. The van der Waals surface area contributed by atoms with Gasteiger partial charge in [-0.2, -0.15) is 10.2 Å². The topological polar surface area (TPSA) is 66.5 Å². The van der Waals surface area contributed by atoms with Crippen LogP contribution in [0.1, 0.15) is 5.69 Å². The number of fused-ring (bicyclic) bond motifs is 1. The van der Waals surface area contributed by atoms with Crippen molar-refractivity contribution >= 4 is 11.0 Å². The van der Waals surface area contributed by atoms with E-state index in [-0.39, 0.29) is 0 Å². The molecule has 5 nitrogen and oxygen atoms in total. The molecule has 0 radical (unpaired) electrons. The van der Waals surface area contributed by atoms with Crippen molar-refractivity contribution in [2.45, 2.75) is 6.54 Å². The number of benzene rings is 1. The zero-order valence-corrected chi connectivity index (χ0v) is 10.6. The molecule has 1 aromatic carbocycles. The fraction of sp³-hybridized carbons (Fsp3) is 0.154. The van der Waals surface area contributed by atoms with Crippen molar-refractivity contribution in [2.24, 2.45) is 0 Å². The number of imidazole rings is 1. The molecule has 0 saturated heterocycles. The smallest absolute Gasteiger partial charge is 0.161 e. The number of hydrogen-bond acceptors (Lipinski definition) is 4. The molecule has 0 aliphatic rings. The molecule has 2 aromatic heterocycles. The van der Waals surface area contributed by atoms with Crippen LogP contribution < -0.4 is 5.32 Å². The Labute approximate surface area is 113 Å². The van der Waals surface area contributed by atoms with E-state index >= 15 is 0 Å². The Kier molecular flexibility index (Phi) is 3.11. The van der Waals surface area contributed by atoms with E-state index in [2.05, 4.69) is 25.5 Å². The molecule has 0 aliphatic heterocycles. The van der Waals surface area contributed by atoms with E-state index in [9.17, 15) is 8.78 Å². The van der Waals surface area contributed by atoms with Gasteiger partial charge in [0.05, 0.1) is 22.9 Å². The molecule has 0 atom stereocenters. The Morgan fingerprint density at radius 2 is 2.00 bits per heavy atom. The maximum absolute atomic E-state index is 13.2. The van der Waals surface area contributed by atoms with Crippen LogP contribution in [0.15, 0.2) is 24.4 Å². The highest BCUT2D eigenvalue weighted by Crippen LogP contribution is 2.22. The molecule has 0 amide bonds. The van der Waals surface area contributed by atoms with Crippen LogP contribution in [0.25, 0.3) is 22.4 Å². The number of hydrogen-bond donors (Lipinski definition) is 2. The van der Waals surface area contributed by atoms with Crippen molar-refractivity contribution < 1.29 is 8.78 Å².